The highest BCUT2D eigenvalue weighted by molar-refractivity contribution is 5.59. The minimum absolute atomic E-state index is 0.287. The molecular formula is C21H34N2O3. The minimum atomic E-state index is 0.287. The van der Waals surface area contributed by atoms with Crippen molar-refractivity contribution in [3.63, 3.8) is 0 Å². The maximum absolute atomic E-state index is 10.1. The predicted octanol–water partition coefficient (Wildman–Crippen LogP) is 4.01. The summed E-state index contributed by atoms with van der Waals surface area (Å²) in [5, 5.41) is 13.6. The van der Waals surface area contributed by atoms with E-state index in [2.05, 4.69) is 24.1 Å². The smallest absolute Gasteiger partial charge is 0.138 e. The van der Waals surface area contributed by atoms with Gasteiger partial charge in [-0.25, -0.2) is 0 Å². The number of benzene rings is 1. The molecule has 1 heterocycles. The highest BCUT2D eigenvalue weighted by atomic mass is 16.5. The number of anilines is 1. The molecule has 1 aliphatic carbocycles. The van der Waals surface area contributed by atoms with Gasteiger partial charge in [0.25, 0.3) is 0 Å². The van der Waals surface area contributed by atoms with Gasteiger partial charge in [-0.3, -0.25) is 4.90 Å². The summed E-state index contributed by atoms with van der Waals surface area (Å²) < 4.78 is 11.1. The van der Waals surface area contributed by atoms with Crippen LogP contribution in [0, 0.1) is 0 Å². The number of phenolic OH excluding ortho intramolecular Hbond substituents is 1. The largest absolute Gasteiger partial charge is 0.506 e. The fourth-order valence-electron chi connectivity index (χ4n) is 4.47. The van der Waals surface area contributed by atoms with E-state index >= 15 is 0 Å². The molecule has 1 aromatic rings. The van der Waals surface area contributed by atoms with Crippen LogP contribution >= 0.6 is 0 Å². The summed E-state index contributed by atoms with van der Waals surface area (Å²) in [6, 6.07) is 5.74. The lowest BCUT2D eigenvalue weighted by Gasteiger charge is -2.48. The van der Waals surface area contributed by atoms with Crippen LogP contribution in [0.4, 0.5) is 5.69 Å². The van der Waals surface area contributed by atoms with Crippen LogP contribution in [0.3, 0.4) is 0 Å². The summed E-state index contributed by atoms with van der Waals surface area (Å²) in [6.45, 7) is 7.56. The quantitative estimate of drug-likeness (QED) is 0.749. The van der Waals surface area contributed by atoms with Gasteiger partial charge in [-0.15, -0.1) is 0 Å². The van der Waals surface area contributed by atoms with Gasteiger partial charge in [0.2, 0.25) is 0 Å². The molecule has 5 heteroatoms. The number of hydrogen-bond donors (Lipinski definition) is 2. The van der Waals surface area contributed by atoms with E-state index in [1.807, 2.05) is 6.07 Å². The topological polar surface area (TPSA) is 54.0 Å². The molecule has 1 saturated carbocycles. The van der Waals surface area contributed by atoms with Crippen LogP contribution in [-0.4, -0.2) is 54.5 Å². The van der Waals surface area contributed by atoms with E-state index in [1.54, 1.807) is 19.2 Å². The highest BCUT2D eigenvalue weighted by Gasteiger charge is 2.38. The van der Waals surface area contributed by atoms with E-state index in [-0.39, 0.29) is 5.75 Å². The average Bonchev–Trinajstić information content (AvgIpc) is 2.66. The lowest BCUT2D eigenvalue weighted by Crippen LogP contribution is -2.53. The average molecular weight is 363 g/mol. The lowest BCUT2D eigenvalue weighted by molar-refractivity contribution is -0.0242. The molecule has 1 aromatic carbocycles. The van der Waals surface area contributed by atoms with Gasteiger partial charge in [0.05, 0.1) is 18.9 Å². The Bertz CT molecular complexity index is 577. The van der Waals surface area contributed by atoms with Crippen molar-refractivity contribution in [3.05, 3.63) is 18.2 Å². The fourth-order valence-corrected chi connectivity index (χ4v) is 4.47. The molecule has 0 atom stereocenters. The number of ether oxygens (including phenoxy) is 2. The van der Waals surface area contributed by atoms with E-state index in [1.165, 1.54) is 25.7 Å². The van der Waals surface area contributed by atoms with E-state index < -0.39 is 0 Å². The summed E-state index contributed by atoms with van der Waals surface area (Å²) in [6.07, 6.45) is 7.48. The van der Waals surface area contributed by atoms with Gasteiger partial charge >= 0.3 is 0 Å². The maximum atomic E-state index is 10.1. The van der Waals surface area contributed by atoms with Crippen molar-refractivity contribution in [1.82, 2.24) is 4.90 Å². The SMILES string of the molecule is CCOC1CCC(C)(N2CCC(Nc3cc(OC)ccc3O)CC2)CC1. The first-order chi connectivity index (χ1) is 12.5. The number of likely N-dealkylation sites (tertiary alicyclic amines) is 1. The van der Waals surface area contributed by atoms with E-state index in [9.17, 15) is 5.11 Å². The van der Waals surface area contributed by atoms with Gasteiger partial charge < -0.3 is 19.9 Å². The van der Waals surface area contributed by atoms with Gasteiger partial charge in [0.15, 0.2) is 0 Å². The van der Waals surface area contributed by atoms with Gasteiger partial charge in [0.1, 0.15) is 11.5 Å². The monoisotopic (exact) mass is 362 g/mol. The Morgan fingerprint density at radius 1 is 1.19 bits per heavy atom. The van der Waals surface area contributed by atoms with Crippen LogP contribution in [0.15, 0.2) is 18.2 Å². The third-order valence-electron chi connectivity index (χ3n) is 6.23. The Balaban J connectivity index is 1.51. The van der Waals surface area contributed by atoms with Crippen molar-refractivity contribution in [2.45, 2.75) is 70.1 Å². The van der Waals surface area contributed by atoms with E-state index in [0.29, 0.717) is 17.7 Å². The van der Waals surface area contributed by atoms with Gasteiger partial charge in [-0.2, -0.15) is 0 Å². The van der Waals surface area contributed by atoms with E-state index in [4.69, 9.17) is 9.47 Å². The number of hydrogen-bond acceptors (Lipinski definition) is 5. The van der Waals surface area contributed by atoms with Crippen molar-refractivity contribution in [1.29, 1.82) is 0 Å². The van der Waals surface area contributed by atoms with Crippen LogP contribution in [0.5, 0.6) is 11.5 Å². The van der Waals surface area contributed by atoms with Crippen LogP contribution < -0.4 is 10.1 Å². The second-order valence-corrected chi connectivity index (χ2v) is 7.94. The molecule has 0 amide bonds. The molecular weight excluding hydrogens is 328 g/mol. The second kappa shape index (κ2) is 8.49. The van der Waals surface area contributed by atoms with Crippen LogP contribution in [0.2, 0.25) is 0 Å². The van der Waals surface area contributed by atoms with Crippen molar-refractivity contribution in [2.24, 2.45) is 0 Å². The van der Waals surface area contributed by atoms with Gasteiger partial charge in [0, 0.05) is 37.3 Å². The molecule has 1 saturated heterocycles. The molecule has 146 valence electrons. The molecule has 5 nitrogen and oxygen atoms in total. The van der Waals surface area contributed by atoms with Crippen LogP contribution in [0.1, 0.15) is 52.4 Å². The zero-order valence-corrected chi connectivity index (χ0v) is 16.5. The number of rotatable bonds is 6. The first kappa shape index (κ1) is 19.3. The number of methoxy groups -OCH3 is 1. The predicted molar refractivity (Wildman–Crippen MR) is 105 cm³/mol. The number of piperidine rings is 1. The standard InChI is InChI=1S/C21H34N2O3/c1-4-26-17-7-11-21(2,12-8-17)23-13-9-16(10-14-23)22-19-15-18(25-3)5-6-20(19)24/h5-6,15-17,22,24H,4,7-14H2,1-3H3. The third kappa shape index (κ3) is 4.44. The number of aromatic hydroxyl groups is 1. The van der Waals surface area contributed by atoms with Crippen molar-refractivity contribution >= 4 is 5.69 Å². The normalized spacial score (nSPS) is 28.0. The van der Waals surface area contributed by atoms with Crippen molar-refractivity contribution < 1.29 is 14.6 Å². The summed E-state index contributed by atoms with van der Waals surface area (Å²) in [7, 11) is 1.65. The summed E-state index contributed by atoms with van der Waals surface area (Å²) >= 11 is 0. The van der Waals surface area contributed by atoms with Crippen molar-refractivity contribution in [3.8, 4) is 11.5 Å². The highest BCUT2D eigenvalue weighted by Crippen LogP contribution is 2.37. The molecule has 0 bridgehead atoms. The Kier molecular flexibility index (Phi) is 6.30. The molecule has 0 unspecified atom stereocenters. The lowest BCUT2D eigenvalue weighted by atomic mass is 9.79. The molecule has 0 aromatic heterocycles. The maximum Gasteiger partial charge on any atom is 0.138 e. The zero-order chi connectivity index (χ0) is 18.6. The number of nitrogens with one attached hydrogen (secondary N) is 1. The van der Waals surface area contributed by atoms with Gasteiger partial charge in [-0.1, -0.05) is 0 Å². The Labute approximate surface area is 157 Å². The Morgan fingerprint density at radius 2 is 1.88 bits per heavy atom. The zero-order valence-electron chi connectivity index (χ0n) is 16.5. The van der Waals surface area contributed by atoms with Crippen molar-refractivity contribution in [2.75, 3.05) is 32.1 Å². The summed E-state index contributed by atoms with van der Waals surface area (Å²) in [5.74, 6) is 1.05. The summed E-state index contributed by atoms with van der Waals surface area (Å²) in [5.41, 5.74) is 1.09. The van der Waals surface area contributed by atoms with Crippen LogP contribution in [-0.2, 0) is 4.74 Å². The molecule has 0 radical (unpaired) electrons. The first-order valence-corrected chi connectivity index (χ1v) is 10.0. The molecule has 2 aliphatic rings. The molecule has 2 fully saturated rings. The number of phenols is 1. The molecule has 26 heavy (non-hydrogen) atoms. The fraction of sp³-hybridized carbons (Fsp3) is 0.714. The van der Waals surface area contributed by atoms with Crippen LogP contribution in [0.25, 0.3) is 0 Å². The minimum Gasteiger partial charge on any atom is -0.506 e. The van der Waals surface area contributed by atoms with E-state index in [0.717, 1.165) is 44.0 Å². The summed E-state index contributed by atoms with van der Waals surface area (Å²) in [4.78, 5) is 2.68. The Hall–Kier alpha value is -1.46. The number of nitrogens with zero attached hydrogens (tertiary/aromatic N) is 1. The Morgan fingerprint density at radius 3 is 2.50 bits per heavy atom. The third-order valence-corrected chi connectivity index (χ3v) is 6.23. The first-order valence-electron chi connectivity index (χ1n) is 10.0. The molecule has 2 N–H and O–H groups in total. The van der Waals surface area contributed by atoms with Gasteiger partial charge in [-0.05, 0) is 64.5 Å². The molecule has 3 rings (SSSR count). The molecule has 0 spiro atoms. The molecule has 1 aliphatic heterocycles. The second-order valence-electron chi connectivity index (χ2n) is 7.94.